The molecule has 0 unspecified atom stereocenters. The third kappa shape index (κ3) is 5.24. The molecule has 1 aliphatic rings. The van der Waals surface area contributed by atoms with Crippen LogP contribution in [0.5, 0.6) is 0 Å². The molecule has 0 aromatic carbocycles. The number of rotatable bonds is 5. The molecule has 2 aromatic heterocycles. The molecule has 0 saturated carbocycles. The first-order chi connectivity index (χ1) is 13.5. The van der Waals surface area contributed by atoms with Gasteiger partial charge in [-0.3, -0.25) is 9.69 Å². The number of halogens is 1. The van der Waals surface area contributed by atoms with Gasteiger partial charge in [-0.05, 0) is 27.2 Å². The average Bonchev–Trinajstić information content (AvgIpc) is 3.10. The molecule has 3 heterocycles. The minimum atomic E-state index is -0.946. The van der Waals surface area contributed by atoms with E-state index < -0.39 is 17.7 Å². The van der Waals surface area contributed by atoms with Gasteiger partial charge in [-0.1, -0.05) is 11.6 Å². The second kappa shape index (κ2) is 7.99. The molecular formula is C17H24ClN7O4. The fraction of sp³-hybridized carbons (Fsp3) is 0.588. The van der Waals surface area contributed by atoms with E-state index in [2.05, 4.69) is 20.3 Å². The van der Waals surface area contributed by atoms with E-state index in [1.807, 2.05) is 0 Å². The molecule has 1 amide bonds. The maximum absolute atomic E-state index is 12.1. The van der Waals surface area contributed by atoms with Gasteiger partial charge in [0.05, 0.1) is 12.9 Å². The molecule has 0 spiro atoms. The van der Waals surface area contributed by atoms with Crippen molar-refractivity contribution in [2.75, 3.05) is 18.8 Å². The molecule has 11 nitrogen and oxygen atoms in total. The molecule has 1 saturated heterocycles. The van der Waals surface area contributed by atoms with E-state index in [-0.39, 0.29) is 29.7 Å². The van der Waals surface area contributed by atoms with Crippen molar-refractivity contribution in [1.29, 1.82) is 0 Å². The Morgan fingerprint density at radius 1 is 1.41 bits per heavy atom. The Labute approximate surface area is 172 Å². The Bertz CT molecular complexity index is 926. The number of hydrogen-bond donors (Lipinski definition) is 3. The number of carbonyl (C=O) groups excluding carboxylic acids is 1. The number of fused-ring (bicyclic) bond motifs is 1. The van der Waals surface area contributed by atoms with Crippen molar-refractivity contribution >= 4 is 40.8 Å². The summed E-state index contributed by atoms with van der Waals surface area (Å²) in [6.45, 7) is 5.99. The monoisotopic (exact) mass is 425 g/mol. The summed E-state index contributed by atoms with van der Waals surface area (Å²) < 4.78 is 7.05. The number of alkyl carbamates (subject to hydrolysis) is 1. The summed E-state index contributed by atoms with van der Waals surface area (Å²) in [5.74, 6) is -0.916. The van der Waals surface area contributed by atoms with Gasteiger partial charge in [0.25, 0.3) is 0 Å². The minimum absolute atomic E-state index is 0.0301. The SMILES string of the molecule is CC(C)(C)OC(=O)N[C@H]1C[C@H](Cn2cnc3c(Cl)nc(N)nc32)N(CC(=O)O)C1. The molecule has 4 N–H and O–H groups in total. The standard InChI is InChI=1S/C17H24ClN7O4/c1-17(2,3)29-16(28)21-9-4-10(24(5-9)7-11(26)27)6-25-8-20-12-13(18)22-15(19)23-14(12)25/h8-10H,4-7H2,1-3H3,(H,21,28)(H,26,27)(H2,19,22,23)/t9-,10+/m0/s1. The fourth-order valence-electron chi connectivity index (χ4n) is 3.41. The van der Waals surface area contributed by atoms with Crippen LogP contribution < -0.4 is 11.1 Å². The van der Waals surface area contributed by atoms with Crippen molar-refractivity contribution in [3.05, 3.63) is 11.5 Å². The zero-order valence-corrected chi connectivity index (χ0v) is 17.2. The predicted molar refractivity (Wildman–Crippen MR) is 106 cm³/mol. The van der Waals surface area contributed by atoms with Gasteiger partial charge in [0.2, 0.25) is 5.95 Å². The maximum Gasteiger partial charge on any atom is 0.407 e. The smallest absolute Gasteiger partial charge is 0.407 e. The number of amides is 1. The number of nitrogen functional groups attached to an aromatic ring is 1. The number of carboxylic acids is 1. The Balaban J connectivity index is 1.76. The maximum atomic E-state index is 12.1. The molecule has 1 fully saturated rings. The first-order valence-electron chi connectivity index (χ1n) is 9.11. The van der Waals surface area contributed by atoms with Crippen LogP contribution in [0.4, 0.5) is 10.7 Å². The molecule has 2 aromatic rings. The van der Waals surface area contributed by atoms with Crippen LogP contribution in [0.1, 0.15) is 27.2 Å². The van der Waals surface area contributed by atoms with Crippen LogP contribution in [-0.2, 0) is 16.1 Å². The largest absolute Gasteiger partial charge is 0.480 e. The van der Waals surface area contributed by atoms with Gasteiger partial charge in [-0.15, -0.1) is 0 Å². The highest BCUT2D eigenvalue weighted by atomic mass is 35.5. The van der Waals surface area contributed by atoms with Crippen LogP contribution in [-0.4, -0.2) is 72.4 Å². The van der Waals surface area contributed by atoms with Crippen LogP contribution >= 0.6 is 11.6 Å². The highest BCUT2D eigenvalue weighted by Gasteiger charge is 2.35. The molecule has 158 valence electrons. The van der Waals surface area contributed by atoms with E-state index in [4.69, 9.17) is 22.1 Å². The molecule has 29 heavy (non-hydrogen) atoms. The summed E-state index contributed by atoms with van der Waals surface area (Å²) in [6, 6.07) is -0.411. The number of nitrogens with two attached hydrogens (primary N) is 1. The first kappa shape index (κ1) is 21.1. The van der Waals surface area contributed by atoms with Crippen molar-refractivity contribution in [1.82, 2.24) is 29.7 Å². The highest BCUT2D eigenvalue weighted by Crippen LogP contribution is 2.24. The third-order valence-electron chi connectivity index (χ3n) is 4.43. The second-order valence-corrected chi connectivity index (χ2v) is 8.36. The van der Waals surface area contributed by atoms with Crippen molar-refractivity contribution < 1.29 is 19.4 Å². The van der Waals surface area contributed by atoms with Gasteiger partial charge >= 0.3 is 12.1 Å². The topological polar surface area (TPSA) is 148 Å². The number of aromatic nitrogens is 4. The highest BCUT2D eigenvalue weighted by molar-refractivity contribution is 6.33. The van der Waals surface area contributed by atoms with Gasteiger partial charge in [-0.25, -0.2) is 9.78 Å². The van der Waals surface area contributed by atoms with E-state index in [0.717, 1.165) is 0 Å². The lowest BCUT2D eigenvalue weighted by molar-refractivity contribution is -0.138. The summed E-state index contributed by atoms with van der Waals surface area (Å²) >= 11 is 6.07. The van der Waals surface area contributed by atoms with Crippen LogP contribution in [0.25, 0.3) is 11.2 Å². The number of hydrogen-bond acceptors (Lipinski definition) is 8. The lowest BCUT2D eigenvalue weighted by atomic mass is 10.1. The van der Waals surface area contributed by atoms with E-state index in [1.165, 1.54) is 0 Å². The van der Waals surface area contributed by atoms with Gasteiger partial charge in [0.15, 0.2) is 10.8 Å². The summed E-state index contributed by atoms with van der Waals surface area (Å²) in [6.07, 6.45) is 1.58. The number of likely N-dealkylation sites (tertiary alicyclic amines) is 1. The summed E-state index contributed by atoms with van der Waals surface area (Å²) in [5, 5.41) is 12.2. The third-order valence-corrected chi connectivity index (χ3v) is 4.70. The first-order valence-corrected chi connectivity index (χ1v) is 9.49. The number of anilines is 1. The van der Waals surface area contributed by atoms with Gasteiger partial charge in [0, 0.05) is 25.2 Å². The van der Waals surface area contributed by atoms with Crippen LogP contribution in [0.2, 0.25) is 5.15 Å². The van der Waals surface area contributed by atoms with Gasteiger partial charge < -0.3 is 25.5 Å². The quantitative estimate of drug-likeness (QED) is 0.598. The lowest BCUT2D eigenvalue weighted by Gasteiger charge is -2.22. The zero-order valence-electron chi connectivity index (χ0n) is 16.4. The molecule has 1 aliphatic heterocycles. The summed E-state index contributed by atoms with van der Waals surface area (Å²) in [5.41, 5.74) is 5.97. The van der Waals surface area contributed by atoms with Crippen molar-refractivity contribution in [2.24, 2.45) is 0 Å². The van der Waals surface area contributed by atoms with E-state index in [1.54, 1.807) is 36.6 Å². The van der Waals surface area contributed by atoms with E-state index in [9.17, 15) is 14.7 Å². The number of ether oxygens (including phenoxy) is 1. The molecule has 12 heteroatoms. The fourth-order valence-corrected chi connectivity index (χ4v) is 3.63. The number of aliphatic carboxylic acids is 1. The summed E-state index contributed by atoms with van der Waals surface area (Å²) in [7, 11) is 0. The lowest BCUT2D eigenvalue weighted by Crippen LogP contribution is -2.41. The Hall–Kier alpha value is -2.66. The van der Waals surface area contributed by atoms with Gasteiger partial charge in [0.1, 0.15) is 11.1 Å². The molecule has 0 aliphatic carbocycles. The van der Waals surface area contributed by atoms with Crippen LogP contribution in [0.3, 0.4) is 0 Å². The van der Waals surface area contributed by atoms with Crippen molar-refractivity contribution in [3.63, 3.8) is 0 Å². The number of carbonyl (C=O) groups is 2. The second-order valence-electron chi connectivity index (χ2n) is 8.00. The number of nitrogens with one attached hydrogen (secondary N) is 1. The zero-order chi connectivity index (χ0) is 21.3. The molecule has 2 atom stereocenters. The van der Waals surface area contributed by atoms with Crippen molar-refractivity contribution in [3.8, 4) is 0 Å². The van der Waals surface area contributed by atoms with Gasteiger partial charge in [-0.2, -0.15) is 9.97 Å². The summed E-state index contributed by atoms with van der Waals surface area (Å²) in [4.78, 5) is 37.5. The number of nitrogens with zero attached hydrogens (tertiary/aromatic N) is 5. The molecule has 0 radical (unpaired) electrons. The number of imidazole rings is 1. The Morgan fingerprint density at radius 2 is 2.14 bits per heavy atom. The molecular weight excluding hydrogens is 402 g/mol. The van der Waals surface area contributed by atoms with Crippen LogP contribution in [0, 0.1) is 0 Å². The number of carboxylic acid groups (broad SMARTS) is 1. The van der Waals surface area contributed by atoms with Crippen molar-refractivity contribution in [2.45, 2.75) is 51.4 Å². The predicted octanol–water partition coefficient (Wildman–Crippen LogP) is 1.11. The van der Waals surface area contributed by atoms with Crippen LogP contribution in [0.15, 0.2) is 6.33 Å². The normalized spacial score (nSPS) is 20.1. The Morgan fingerprint density at radius 3 is 2.79 bits per heavy atom. The van der Waals surface area contributed by atoms with E-state index in [0.29, 0.717) is 30.7 Å². The molecule has 3 rings (SSSR count). The average molecular weight is 426 g/mol. The Kier molecular flexibility index (Phi) is 5.80. The molecule has 0 bridgehead atoms. The van der Waals surface area contributed by atoms with E-state index >= 15 is 0 Å². The minimum Gasteiger partial charge on any atom is -0.480 e.